The Kier molecular flexibility index (Phi) is 6.45. The van der Waals surface area contributed by atoms with Crippen molar-refractivity contribution in [2.75, 3.05) is 19.7 Å². The molecule has 9 nitrogen and oxygen atoms in total. The van der Waals surface area contributed by atoms with Gasteiger partial charge < -0.3 is 9.72 Å². The summed E-state index contributed by atoms with van der Waals surface area (Å²) in [6, 6.07) is 7.88. The number of rotatable bonds is 6. The average molecular weight is 465 g/mol. The van der Waals surface area contributed by atoms with Gasteiger partial charge in [0, 0.05) is 24.2 Å². The predicted octanol–water partition coefficient (Wildman–Crippen LogP) is 3.30. The van der Waals surface area contributed by atoms with Gasteiger partial charge in [-0.15, -0.1) is 5.10 Å². The molecule has 3 heterocycles. The highest BCUT2D eigenvalue weighted by atomic mass is 16.5. The third kappa shape index (κ3) is 4.36. The topological polar surface area (TPSA) is 106 Å². The summed E-state index contributed by atoms with van der Waals surface area (Å²) in [5.41, 5.74) is 2.46. The summed E-state index contributed by atoms with van der Waals surface area (Å²) in [7, 11) is 0. The van der Waals surface area contributed by atoms with E-state index in [0.717, 1.165) is 42.1 Å². The third-order valence-electron chi connectivity index (χ3n) is 7.27. The number of pyridine rings is 1. The number of ether oxygens (including phenoxy) is 1. The lowest BCUT2D eigenvalue weighted by Crippen LogP contribution is -2.42. The van der Waals surface area contributed by atoms with Crippen LogP contribution in [0.15, 0.2) is 29.1 Å². The van der Waals surface area contributed by atoms with E-state index >= 15 is 0 Å². The Morgan fingerprint density at radius 3 is 2.68 bits per heavy atom. The molecule has 180 valence electrons. The van der Waals surface area contributed by atoms with E-state index in [4.69, 9.17) is 4.74 Å². The normalized spacial score (nSPS) is 19.0. The predicted molar refractivity (Wildman–Crippen MR) is 127 cm³/mol. The van der Waals surface area contributed by atoms with Crippen molar-refractivity contribution < 1.29 is 9.53 Å². The van der Waals surface area contributed by atoms with Crippen LogP contribution in [-0.4, -0.2) is 55.8 Å². The molecule has 0 spiro atoms. The summed E-state index contributed by atoms with van der Waals surface area (Å²) < 4.78 is 7.19. The quantitative estimate of drug-likeness (QED) is 0.558. The summed E-state index contributed by atoms with van der Waals surface area (Å²) in [5, 5.41) is 13.8. The first kappa shape index (κ1) is 22.7. The van der Waals surface area contributed by atoms with Crippen LogP contribution >= 0.6 is 0 Å². The molecule has 5 rings (SSSR count). The molecule has 1 aliphatic heterocycles. The number of carbonyl (C=O) groups excluding carboxylic acids is 1. The van der Waals surface area contributed by atoms with E-state index in [0.29, 0.717) is 43.9 Å². The molecule has 0 bridgehead atoms. The van der Waals surface area contributed by atoms with Crippen molar-refractivity contribution in [3.63, 3.8) is 0 Å². The molecule has 0 radical (unpaired) electrons. The Balaban J connectivity index is 1.55. The van der Waals surface area contributed by atoms with Crippen molar-refractivity contribution >= 4 is 16.9 Å². The van der Waals surface area contributed by atoms with Gasteiger partial charge in [-0.2, -0.15) is 0 Å². The molecular weight excluding hydrogens is 432 g/mol. The second kappa shape index (κ2) is 9.66. The number of benzene rings is 1. The van der Waals surface area contributed by atoms with E-state index in [9.17, 15) is 9.59 Å². The van der Waals surface area contributed by atoms with Crippen LogP contribution in [0.1, 0.15) is 74.5 Å². The maximum absolute atomic E-state index is 13.4. The molecule has 2 fully saturated rings. The number of aromatic nitrogens is 5. The molecule has 2 aromatic heterocycles. The van der Waals surface area contributed by atoms with Gasteiger partial charge in [-0.25, -0.2) is 4.68 Å². The average Bonchev–Trinajstić information content (AvgIpc) is 3.53. The molecule has 1 N–H and O–H groups in total. The van der Waals surface area contributed by atoms with Crippen molar-refractivity contribution in [1.82, 2.24) is 30.1 Å². The van der Waals surface area contributed by atoms with Gasteiger partial charge in [-0.1, -0.05) is 24.5 Å². The van der Waals surface area contributed by atoms with Gasteiger partial charge in [-0.05, 0) is 73.5 Å². The number of piperidine rings is 1. The lowest BCUT2D eigenvalue weighted by atomic mass is 9.93. The standard InChI is InChI=1S/C25H32N6O3/c1-3-34-25(33)17-10-12-30(13-11-17)22(23-27-28-29-31(23)19-6-4-5-7-19)20-15-18-14-16(2)8-9-21(18)26-24(20)32/h8-9,14-15,17,19,22H,3-7,10-13H2,1-2H3,(H,26,32)/t22-/m0/s1. The number of hydrogen-bond acceptors (Lipinski definition) is 7. The summed E-state index contributed by atoms with van der Waals surface area (Å²) in [6.45, 7) is 5.60. The van der Waals surface area contributed by atoms with Crippen LogP contribution in [-0.2, 0) is 9.53 Å². The number of H-pyrrole nitrogens is 1. The zero-order valence-corrected chi connectivity index (χ0v) is 19.9. The number of likely N-dealkylation sites (tertiary alicyclic amines) is 1. The number of tetrazole rings is 1. The zero-order chi connectivity index (χ0) is 23.7. The van der Waals surface area contributed by atoms with Gasteiger partial charge >= 0.3 is 5.97 Å². The van der Waals surface area contributed by atoms with Crippen LogP contribution in [0.5, 0.6) is 0 Å². The van der Waals surface area contributed by atoms with E-state index in [-0.39, 0.29) is 29.5 Å². The molecule has 1 aromatic carbocycles. The smallest absolute Gasteiger partial charge is 0.309 e. The van der Waals surface area contributed by atoms with Crippen LogP contribution < -0.4 is 5.56 Å². The fourth-order valence-corrected chi connectivity index (χ4v) is 5.49. The van der Waals surface area contributed by atoms with Crippen LogP contribution in [0.2, 0.25) is 0 Å². The van der Waals surface area contributed by atoms with Crippen LogP contribution in [0.4, 0.5) is 0 Å². The largest absolute Gasteiger partial charge is 0.466 e. The molecule has 2 aliphatic rings. The van der Waals surface area contributed by atoms with Gasteiger partial charge in [0.1, 0.15) is 6.04 Å². The van der Waals surface area contributed by atoms with Crippen molar-refractivity contribution in [3.05, 3.63) is 51.6 Å². The Hall–Kier alpha value is -3.07. The number of aryl methyl sites for hydroxylation is 1. The lowest BCUT2D eigenvalue weighted by Gasteiger charge is -2.36. The van der Waals surface area contributed by atoms with Crippen LogP contribution in [0.25, 0.3) is 10.9 Å². The summed E-state index contributed by atoms with van der Waals surface area (Å²) in [6.07, 6.45) is 5.78. The van der Waals surface area contributed by atoms with E-state index in [1.165, 1.54) is 0 Å². The highest BCUT2D eigenvalue weighted by Crippen LogP contribution is 2.35. The van der Waals surface area contributed by atoms with Crippen molar-refractivity contribution in [1.29, 1.82) is 0 Å². The minimum Gasteiger partial charge on any atom is -0.466 e. The highest BCUT2D eigenvalue weighted by Gasteiger charge is 2.36. The first-order valence-corrected chi connectivity index (χ1v) is 12.4. The number of hydrogen-bond donors (Lipinski definition) is 1. The number of carbonyl (C=O) groups is 1. The highest BCUT2D eigenvalue weighted by molar-refractivity contribution is 5.79. The fourth-order valence-electron chi connectivity index (χ4n) is 5.49. The summed E-state index contributed by atoms with van der Waals surface area (Å²) in [5.74, 6) is 0.465. The molecule has 1 atom stereocenters. The van der Waals surface area contributed by atoms with E-state index in [1.807, 2.05) is 36.7 Å². The molecule has 34 heavy (non-hydrogen) atoms. The maximum Gasteiger partial charge on any atom is 0.309 e. The summed E-state index contributed by atoms with van der Waals surface area (Å²) in [4.78, 5) is 31.0. The Morgan fingerprint density at radius 2 is 1.94 bits per heavy atom. The number of nitrogens with one attached hydrogen (secondary N) is 1. The molecule has 1 saturated heterocycles. The fraction of sp³-hybridized carbons (Fsp3) is 0.560. The molecule has 1 aliphatic carbocycles. The second-order valence-corrected chi connectivity index (χ2v) is 9.53. The SMILES string of the molecule is CCOC(=O)C1CCN([C@@H](c2cc3cc(C)ccc3[nH]c2=O)c2nnnn2C2CCCC2)CC1. The molecule has 1 saturated carbocycles. The zero-order valence-electron chi connectivity index (χ0n) is 19.9. The number of aromatic amines is 1. The molecule has 3 aromatic rings. The summed E-state index contributed by atoms with van der Waals surface area (Å²) >= 11 is 0. The van der Waals surface area contributed by atoms with Crippen LogP contribution in [0, 0.1) is 12.8 Å². The van der Waals surface area contributed by atoms with Gasteiger partial charge in [0.05, 0.1) is 18.6 Å². The van der Waals surface area contributed by atoms with Crippen molar-refractivity contribution in [2.45, 2.75) is 64.5 Å². The Morgan fingerprint density at radius 1 is 1.18 bits per heavy atom. The van der Waals surface area contributed by atoms with Crippen molar-refractivity contribution in [2.24, 2.45) is 5.92 Å². The maximum atomic E-state index is 13.4. The number of esters is 1. The minimum absolute atomic E-state index is 0.111. The van der Waals surface area contributed by atoms with E-state index < -0.39 is 0 Å². The molecule has 0 unspecified atom stereocenters. The minimum atomic E-state index is -0.382. The first-order valence-electron chi connectivity index (χ1n) is 12.4. The van der Waals surface area contributed by atoms with Gasteiger partial charge in [-0.3, -0.25) is 14.5 Å². The second-order valence-electron chi connectivity index (χ2n) is 9.53. The monoisotopic (exact) mass is 464 g/mol. The number of nitrogens with zero attached hydrogens (tertiary/aromatic N) is 5. The molecule has 9 heteroatoms. The lowest BCUT2D eigenvalue weighted by molar-refractivity contribution is -0.149. The van der Waals surface area contributed by atoms with Crippen LogP contribution in [0.3, 0.4) is 0 Å². The molecular formula is C25H32N6O3. The van der Waals surface area contributed by atoms with E-state index in [1.54, 1.807) is 0 Å². The van der Waals surface area contributed by atoms with E-state index in [2.05, 4.69) is 31.5 Å². The Bertz CT molecular complexity index is 1220. The molecule has 0 amide bonds. The number of fused-ring (bicyclic) bond motifs is 1. The van der Waals surface area contributed by atoms with Gasteiger partial charge in [0.15, 0.2) is 5.82 Å². The van der Waals surface area contributed by atoms with Gasteiger partial charge in [0.25, 0.3) is 5.56 Å². The Labute approximate surface area is 198 Å². The third-order valence-corrected chi connectivity index (χ3v) is 7.27. The first-order chi connectivity index (χ1) is 16.5. The van der Waals surface area contributed by atoms with Crippen molar-refractivity contribution in [3.8, 4) is 0 Å². The van der Waals surface area contributed by atoms with Gasteiger partial charge in [0.2, 0.25) is 0 Å².